The minimum absolute atomic E-state index is 0.408. The monoisotopic (exact) mass is 389 g/mol. The highest BCUT2D eigenvalue weighted by Gasteiger charge is 2.15. The van der Waals surface area contributed by atoms with E-state index in [0.717, 1.165) is 40.3 Å². The molecular weight excluding hydrogens is 358 g/mol. The van der Waals surface area contributed by atoms with Gasteiger partial charge in [0.1, 0.15) is 0 Å². The van der Waals surface area contributed by atoms with E-state index in [-0.39, 0.29) is 0 Å². The number of ether oxygens (including phenoxy) is 1. The van der Waals surface area contributed by atoms with Gasteiger partial charge < -0.3 is 10.1 Å². The Morgan fingerprint density at radius 2 is 2.00 bits per heavy atom. The van der Waals surface area contributed by atoms with Crippen LogP contribution in [0, 0.1) is 13.8 Å². The summed E-state index contributed by atoms with van der Waals surface area (Å²) in [5.74, 6) is 0.848. The van der Waals surface area contributed by atoms with Crippen molar-refractivity contribution in [2.24, 2.45) is 0 Å². The molecule has 0 spiro atoms. The lowest BCUT2D eigenvalue weighted by atomic mass is 10.1. The van der Waals surface area contributed by atoms with Crippen molar-refractivity contribution in [3.8, 4) is 0 Å². The number of halogens is 1. The van der Waals surface area contributed by atoms with Crippen molar-refractivity contribution >= 4 is 28.4 Å². The predicted molar refractivity (Wildman–Crippen MR) is 119 cm³/mol. The summed E-state index contributed by atoms with van der Waals surface area (Å²) in [7, 11) is 1.67. The predicted octanol–water partition coefficient (Wildman–Crippen LogP) is 6.14. The molecule has 2 heterocycles. The average Bonchev–Trinajstić information content (AvgIpc) is 3.00. The number of hydrogen-bond donors (Lipinski definition) is 1. The molecule has 0 aliphatic rings. The van der Waals surface area contributed by atoms with Crippen LogP contribution < -0.4 is 5.32 Å². The molecule has 1 atom stereocenters. The van der Waals surface area contributed by atoms with Crippen LogP contribution in [0.3, 0.4) is 0 Å². The molecule has 5 heteroatoms. The fourth-order valence-electron chi connectivity index (χ4n) is 2.74. The van der Waals surface area contributed by atoms with Gasteiger partial charge in [-0.2, -0.15) is 5.10 Å². The quantitative estimate of drug-likeness (QED) is 0.351. The van der Waals surface area contributed by atoms with Crippen molar-refractivity contribution in [1.82, 2.24) is 9.61 Å². The van der Waals surface area contributed by atoms with Crippen molar-refractivity contribution in [1.29, 1.82) is 0 Å². The molecule has 1 N–H and O–H groups in total. The van der Waals surface area contributed by atoms with Gasteiger partial charge in [-0.05, 0) is 69.5 Å². The summed E-state index contributed by atoms with van der Waals surface area (Å²) >= 11 is 4.64. The molecule has 2 aromatic heterocycles. The molecule has 0 aromatic carbocycles. The van der Waals surface area contributed by atoms with Crippen LogP contribution in [0.2, 0.25) is 0 Å². The van der Waals surface area contributed by atoms with E-state index >= 15 is 0 Å². The van der Waals surface area contributed by atoms with Crippen molar-refractivity contribution in [2.75, 3.05) is 18.8 Å². The Bertz CT molecular complexity index is 834. The fourth-order valence-corrected chi connectivity index (χ4v) is 2.74. The van der Waals surface area contributed by atoms with Crippen LogP contribution in [0.1, 0.15) is 44.1 Å². The molecule has 1 unspecified atom stereocenters. The average molecular weight is 390 g/mol. The van der Waals surface area contributed by atoms with Crippen LogP contribution in [0.4, 0.5) is 5.69 Å². The van der Waals surface area contributed by atoms with Crippen molar-refractivity contribution in [2.45, 2.75) is 47.1 Å². The van der Waals surface area contributed by atoms with Gasteiger partial charge in [-0.15, -0.1) is 11.6 Å². The van der Waals surface area contributed by atoms with E-state index in [0.29, 0.717) is 6.04 Å². The lowest BCUT2D eigenvalue weighted by molar-refractivity contribution is 0.294. The molecule has 27 heavy (non-hydrogen) atoms. The topological polar surface area (TPSA) is 38.6 Å². The molecule has 0 saturated heterocycles. The number of aromatic nitrogens is 2. The maximum atomic E-state index is 5.22. The maximum Gasteiger partial charge on any atom is 0.0924 e. The molecular formula is C22H32ClN3O. The van der Waals surface area contributed by atoms with Gasteiger partial charge in [0.25, 0.3) is 0 Å². The lowest BCUT2D eigenvalue weighted by Gasteiger charge is -2.15. The van der Waals surface area contributed by atoms with Gasteiger partial charge in [-0.3, -0.25) is 0 Å². The Morgan fingerprint density at radius 3 is 2.56 bits per heavy atom. The zero-order chi connectivity index (χ0) is 20.6. The first-order chi connectivity index (χ1) is 12.9. The number of anilines is 1. The second kappa shape index (κ2) is 10.8. The van der Waals surface area contributed by atoms with Gasteiger partial charge in [0, 0.05) is 12.4 Å². The van der Waals surface area contributed by atoms with Crippen LogP contribution in [0.15, 0.2) is 42.7 Å². The Balaban J connectivity index is 0.00000176. The van der Waals surface area contributed by atoms with Crippen LogP contribution in [-0.2, 0) is 4.74 Å². The Labute approximate surface area is 168 Å². The summed E-state index contributed by atoms with van der Waals surface area (Å²) in [5.41, 5.74) is 6.41. The SMILES string of the molecule is C=C/C(=C\C=C(/C)OC)c1c(C)cc2c(NC(C)CC)cc(C)nn12.CCl. The largest absolute Gasteiger partial charge is 0.501 e. The van der Waals surface area contributed by atoms with Gasteiger partial charge in [0.2, 0.25) is 0 Å². The van der Waals surface area contributed by atoms with Crippen molar-refractivity contribution in [3.63, 3.8) is 0 Å². The zero-order valence-corrected chi connectivity index (χ0v) is 18.3. The first kappa shape index (κ1) is 22.8. The third-order valence-electron chi connectivity index (χ3n) is 4.38. The highest BCUT2D eigenvalue weighted by molar-refractivity contribution is 6.15. The van der Waals surface area contributed by atoms with Crippen LogP contribution in [-0.4, -0.2) is 29.1 Å². The van der Waals surface area contributed by atoms with E-state index in [2.05, 4.69) is 56.4 Å². The second-order valence-electron chi connectivity index (χ2n) is 6.43. The molecule has 4 nitrogen and oxygen atoms in total. The van der Waals surface area contributed by atoms with Crippen molar-refractivity contribution < 1.29 is 4.74 Å². The highest BCUT2D eigenvalue weighted by atomic mass is 35.5. The summed E-state index contributed by atoms with van der Waals surface area (Å²) in [6.07, 6.45) is 8.37. The van der Waals surface area contributed by atoms with E-state index in [1.54, 1.807) is 7.11 Å². The fraction of sp³-hybridized carbons (Fsp3) is 0.409. The van der Waals surface area contributed by atoms with E-state index in [4.69, 9.17) is 9.84 Å². The van der Waals surface area contributed by atoms with Gasteiger partial charge in [0.05, 0.1) is 35.5 Å². The zero-order valence-electron chi connectivity index (χ0n) is 17.6. The first-order valence-electron chi connectivity index (χ1n) is 9.10. The maximum absolute atomic E-state index is 5.22. The molecule has 0 fully saturated rings. The van der Waals surface area contributed by atoms with Gasteiger partial charge in [-0.1, -0.05) is 19.6 Å². The molecule has 0 radical (unpaired) electrons. The molecule has 0 bridgehead atoms. The number of aryl methyl sites for hydroxylation is 2. The number of nitrogens with one attached hydrogen (secondary N) is 1. The van der Waals surface area contributed by atoms with E-state index in [1.165, 1.54) is 11.9 Å². The third kappa shape index (κ3) is 5.64. The summed E-state index contributed by atoms with van der Waals surface area (Å²) < 4.78 is 7.24. The summed E-state index contributed by atoms with van der Waals surface area (Å²) in [6.45, 7) is 14.4. The van der Waals surface area contributed by atoms with Gasteiger partial charge in [-0.25, -0.2) is 4.52 Å². The summed E-state index contributed by atoms with van der Waals surface area (Å²) in [5, 5.41) is 8.34. The molecule has 2 aromatic rings. The van der Waals surface area contributed by atoms with Gasteiger partial charge in [0.15, 0.2) is 0 Å². The van der Waals surface area contributed by atoms with Crippen LogP contribution >= 0.6 is 11.6 Å². The molecule has 2 rings (SSSR count). The minimum Gasteiger partial charge on any atom is -0.501 e. The lowest BCUT2D eigenvalue weighted by Crippen LogP contribution is -2.15. The second-order valence-corrected chi connectivity index (χ2v) is 6.43. The number of fused-ring (bicyclic) bond motifs is 1. The highest BCUT2D eigenvalue weighted by Crippen LogP contribution is 2.29. The Kier molecular flexibility index (Phi) is 9.16. The minimum atomic E-state index is 0.408. The number of hydrogen-bond acceptors (Lipinski definition) is 3. The Morgan fingerprint density at radius 1 is 1.33 bits per heavy atom. The van der Waals surface area contributed by atoms with E-state index in [9.17, 15) is 0 Å². The standard InChI is InChI=1S/C21H29N3O.CH3Cl/c1-8-15(4)22-19-13-16(5)23-24-20(19)12-14(3)21(24)18(9-2)11-10-17(6)25-7;1-2/h9-13,15,22H,2,8H2,1,3-7H3;1H3/b17-10+,18-11+;. The number of rotatable bonds is 7. The molecule has 0 aliphatic heterocycles. The number of methoxy groups -OCH3 is 1. The number of alkyl halides is 1. The number of allylic oxidation sites excluding steroid dienone is 5. The molecule has 0 amide bonds. The van der Waals surface area contributed by atoms with Crippen molar-refractivity contribution in [3.05, 3.63) is 59.7 Å². The van der Waals surface area contributed by atoms with E-state index in [1.807, 2.05) is 36.6 Å². The normalized spacial score (nSPS) is 13.0. The summed E-state index contributed by atoms with van der Waals surface area (Å²) in [4.78, 5) is 0. The molecule has 0 aliphatic carbocycles. The van der Waals surface area contributed by atoms with Crippen LogP contribution in [0.25, 0.3) is 11.1 Å². The molecule has 0 saturated carbocycles. The first-order valence-corrected chi connectivity index (χ1v) is 9.86. The smallest absolute Gasteiger partial charge is 0.0924 e. The van der Waals surface area contributed by atoms with Crippen LogP contribution in [0.5, 0.6) is 0 Å². The van der Waals surface area contributed by atoms with Gasteiger partial charge >= 0.3 is 0 Å². The summed E-state index contributed by atoms with van der Waals surface area (Å²) in [6, 6.07) is 4.69. The molecule has 148 valence electrons. The third-order valence-corrected chi connectivity index (χ3v) is 4.38. The van der Waals surface area contributed by atoms with E-state index < -0.39 is 0 Å². The number of nitrogens with zero attached hydrogens (tertiary/aromatic N) is 2. The Hall–Kier alpha value is -2.20.